The number of anilines is 1. The van der Waals surface area contributed by atoms with Crippen molar-refractivity contribution in [1.29, 1.82) is 0 Å². The molecule has 1 aromatic heterocycles. The predicted octanol–water partition coefficient (Wildman–Crippen LogP) is 2.48. The largest absolute Gasteiger partial charge is 0.422 e. The highest BCUT2D eigenvalue weighted by molar-refractivity contribution is 5.97. The Balaban J connectivity index is 1.94. The van der Waals surface area contributed by atoms with Crippen LogP contribution in [0.25, 0.3) is 11.0 Å². The molecule has 0 unspecified atom stereocenters. The summed E-state index contributed by atoms with van der Waals surface area (Å²) in [4.78, 5) is 26.1. The first-order valence-electron chi connectivity index (χ1n) is 7.52. The molecular formula is C17H19FN2O3. The van der Waals surface area contributed by atoms with Crippen LogP contribution in [0.2, 0.25) is 0 Å². The van der Waals surface area contributed by atoms with Crippen molar-refractivity contribution in [2.75, 3.05) is 18.0 Å². The number of rotatable bonds is 2. The van der Waals surface area contributed by atoms with Crippen LogP contribution in [-0.2, 0) is 0 Å². The van der Waals surface area contributed by atoms with Crippen LogP contribution in [-0.4, -0.2) is 30.7 Å². The molecule has 0 spiro atoms. The van der Waals surface area contributed by atoms with Crippen LogP contribution >= 0.6 is 0 Å². The molecule has 1 aliphatic rings. The van der Waals surface area contributed by atoms with Crippen LogP contribution < -0.4 is 15.8 Å². The standard InChI is InChI=1S/C17H19FN2O3/c1-17(2,3)19-15(21)13-6-10-4-5-12(20-8-11(18)9-20)7-14(10)23-16(13)22/h4-7,11H,8-9H2,1-3H3,(H,19,21). The van der Waals surface area contributed by atoms with Gasteiger partial charge in [-0.2, -0.15) is 0 Å². The fraction of sp³-hybridized carbons (Fsp3) is 0.412. The smallest absolute Gasteiger partial charge is 0.349 e. The first kappa shape index (κ1) is 15.5. The minimum absolute atomic E-state index is 0.0204. The van der Waals surface area contributed by atoms with Crippen molar-refractivity contribution in [2.24, 2.45) is 0 Å². The number of nitrogens with zero attached hydrogens (tertiary/aromatic N) is 1. The van der Waals surface area contributed by atoms with E-state index in [0.717, 1.165) is 5.69 Å². The average Bonchev–Trinajstić information content (AvgIpc) is 2.40. The van der Waals surface area contributed by atoms with Crippen molar-refractivity contribution in [3.63, 3.8) is 0 Å². The van der Waals surface area contributed by atoms with Crippen molar-refractivity contribution >= 4 is 22.6 Å². The summed E-state index contributed by atoms with van der Waals surface area (Å²) in [6.07, 6.45) is -0.804. The molecule has 0 atom stereocenters. The molecule has 2 aromatic rings. The summed E-state index contributed by atoms with van der Waals surface area (Å²) in [6.45, 7) is 6.21. The average molecular weight is 318 g/mol. The zero-order chi connectivity index (χ0) is 16.8. The van der Waals surface area contributed by atoms with Gasteiger partial charge in [0.15, 0.2) is 0 Å². The Kier molecular flexibility index (Phi) is 3.62. The van der Waals surface area contributed by atoms with E-state index in [-0.39, 0.29) is 5.56 Å². The Morgan fingerprint density at radius 1 is 1.30 bits per heavy atom. The van der Waals surface area contributed by atoms with E-state index in [9.17, 15) is 14.0 Å². The number of benzene rings is 1. The fourth-order valence-corrected chi connectivity index (χ4v) is 2.50. The maximum atomic E-state index is 12.9. The number of alkyl halides is 1. The highest BCUT2D eigenvalue weighted by Crippen LogP contribution is 2.26. The molecule has 5 nitrogen and oxygen atoms in total. The first-order valence-corrected chi connectivity index (χ1v) is 7.52. The van der Waals surface area contributed by atoms with Crippen molar-refractivity contribution in [2.45, 2.75) is 32.5 Å². The molecule has 0 saturated carbocycles. The van der Waals surface area contributed by atoms with Crippen LogP contribution in [0, 0.1) is 0 Å². The molecule has 0 radical (unpaired) electrons. The van der Waals surface area contributed by atoms with Crippen LogP contribution in [0.5, 0.6) is 0 Å². The van der Waals surface area contributed by atoms with E-state index in [0.29, 0.717) is 24.1 Å². The second-order valence-electron chi connectivity index (χ2n) is 6.88. The topological polar surface area (TPSA) is 62.6 Å². The molecule has 0 bridgehead atoms. The molecule has 1 aliphatic heterocycles. The third-order valence-electron chi connectivity index (χ3n) is 3.65. The minimum atomic E-state index is -0.804. The Morgan fingerprint density at radius 2 is 2.00 bits per heavy atom. The SMILES string of the molecule is CC(C)(C)NC(=O)c1cc2ccc(N3CC(F)C3)cc2oc1=O. The third-order valence-corrected chi connectivity index (χ3v) is 3.65. The molecule has 1 N–H and O–H groups in total. The van der Waals surface area contributed by atoms with E-state index in [4.69, 9.17) is 4.42 Å². The number of halogens is 1. The Morgan fingerprint density at radius 3 is 2.61 bits per heavy atom. The van der Waals surface area contributed by atoms with Crippen molar-refractivity contribution in [1.82, 2.24) is 5.32 Å². The summed E-state index contributed by atoms with van der Waals surface area (Å²) in [7, 11) is 0. The second-order valence-corrected chi connectivity index (χ2v) is 6.88. The zero-order valence-corrected chi connectivity index (χ0v) is 13.4. The molecule has 6 heteroatoms. The number of hydrogen-bond acceptors (Lipinski definition) is 4. The van der Waals surface area contributed by atoms with Crippen LogP contribution in [0.3, 0.4) is 0 Å². The molecule has 2 heterocycles. The van der Waals surface area contributed by atoms with Gasteiger partial charge in [0.2, 0.25) is 0 Å². The summed E-state index contributed by atoms with van der Waals surface area (Å²) >= 11 is 0. The van der Waals surface area contributed by atoms with Crippen molar-refractivity contribution in [3.8, 4) is 0 Å². The zero-order valence-electron chi connectivity index (χ0n) is 13.4. The van der Waals surface area contributed by atoms with Crippen LogP contribution in [0.15, 0.2) is 33.5 Å². The van der Waals surface area contributed by atoms with E-state index >= 15 is 0 Å². The molecule has 0 aliphatic carbocycles. The molecule has 1 amide bonds. The first-order chi connectivity index (χ1) is 10.7. The van der Waals surface area contributed by atoms with Crippen molar-refractivity contribution < 1.29 is 13.6 Å². The van der Waals surface area contributed by atoms with E-state index in [1.54, 1.807) is 12.1 Å². The number of carbonyl (C=O) groups is 1. The summed E-state index contributed by atoms with van der Waals surface area (Å²) in [6, 6.07) is 6.83. The normalized spacial score (nSPS) is 15.6. The van der Waals surface area contributed by atoms with Gasteiger partial charge in [-0.3, -0.25) is 4.79 Å². The van der Waals surface area contributed by atoms with Gasteiger partial charge in [0.25, 0.3) is 5.91 Å². The van der Waals surface area contributed by atoms with Crippen LogP contribution in [0.4, 0.5) is 10.1 Å². The molecule has 1 fully saturated rings. The Bertz CT molecular complexity index is 817. The summed E-state index contributed by atoms with van der Waals surface area (Å²) in [5, 5.41) is 3.40. The van der Waals surface area contributed by atoms with E-state index < -0.39 is 23.2 Å². The van der Waals surface area contributed by atoms with E-state index in [1.807, 2.05) is 31.7 Å². The lowest BCUT2D eigenvalue weighted by Gasteiger charge is -2.36. The van der Waals surface area contributed by atoms with Crippen LogP contribution in [0.1, 0.15) is 31.1 Å². The summed E-state index contributed by atoms with van der Waals surface area (Å²) in [5.74, 6) is -0.458. The van der Waals surface area contributed by atoms with Gasteiger partial charge in [0.1, 0.15) is 17.3 Å². The lowest BCUT2D eigenvalue weighted by Crippen LogP contribution is -2.48. The molecule has 23 heavy (non-hydrogen) atoms. The maximum Gasteiger partial charge on any atom is 0.349 e. The molecule has 1 saturated heterocycles. The van der Waals surface area contributed by atoms with Gasteiger partial charge in [-0.15, -0.1) is 0 Å². The second kappa shape index (κ2) is 5.37. The number of nitrogens with one attached hydrogen (secondary N) is 1. The number of hydrogen-bond donors (Lipinski definition) is 1. The minimum Gasteiger partial charge on any atom is -0.422 e. The fourth-order valence-electron chi connectivity index (χ4n) is 2.50. The molecule has 1 aromatic carbocycles. The molecular weight excluding hydrogens is 299 g/mol. The van der Waals surface area contributed by atoms with Gasteiger partial charge in [0, 0.05) is 22.7 Å². The van der Waals surface area contributed by atoms with Gasteiger partial charge >= 0.3 is 5.63 Å². The van der Waals surface area contributed by atoms with Gasteiger partial charge in [-0.1, -0.05) is 0 Å². The lowest BCUT2D eigenvalue weighted by atomic mass is 10.1. The monoisotopic (exact) mass is 318 g/mol. The number of carbonyl (C=O) groups excluding carboxylic acids is 1. The molecule has 3 rings (SSSR count). The third kappa shape index (κ3) is 3.21. The number of fused-ring (bicyclic) bond motifs is 1. The van der Waals surface area contributed by atoms with Crippen molar-refractivity contribution in [3.05, 3.63) is 40.2 Å². The quantitative estimate of drug-likeness (QED) is 0.864. The predicted molar refractivity (Wildman–Crippen MR) is 86.8 cm³/mol. The van der Waals surface area contributed by atoms with Gasteiger partial charge in [-0.05, 0) is 39.0 Å². The lowest BCUT2D eigenvalue weighted by molar-refractivity contribution is 0.0916. The molecule has 122 valence electrons. The van der Waals surface area contributed by atoms with Gasteiger partial charge in [-0.25, -0.2) is 9.18 Å². The van der Waals surface area contributed by atoms with E-state index in [2.05, 4.69) is 5.32 Å². The maximum absolute atomic E-state index is 12.9. The van der Waals surface area contributed by atoms with Gasteiger partial charge < -0.3 is 14.6 Å². The summed E-state index contributed by atoms with van der Waals surface area (Å²) in [5.41, 5.74) is 0.0582. The summed E-state index contributed by atoms with van der Waals surface area (Å²) < 4.78 is 18.2. The Hall–Kier alpha value is -2.37. The van der Waals surface area contributed by atoms with E-state index in [1.165, 1.54) is 6.07 Å². The highest BCUT2D eigenvalue weighted by atomic mass is 19.1. The Labute approximate surface area is 133 Å². The number of amides is 1. The highest BCUT2D eigenvalue weighted by Gasteiger charge is 2.26. The van der Waals surface area contributed by atoms with Gasteiger partial charge in [0.05, 0.1) is 13.1 Å².